The Morgan fingerprint density at radius 3 is 2.38 bits per heavy atom. The molecule has 1 aliphatic rings. The quantitative estimate of drug-likeness (QED) is 0.271. The van der Waals surface area contributed by atoms with Crippen molar-refractivity contribution in [2.45, 2.75) is 33.2 Å². The summed E-state index contributed by atoms with van der Waals surface area (Å²) in [6.07, 6.45) is 5.00. The first-order valence-corrected chi connectivity index (χ1v) is 14.1. The van der Waals surface area contributed by atoms with Crippen LogP contribution in [0.5, 0.6) is 0 Å². The summed E-state index contributed by atoms with van der Waals surface area (Å²) in [5, 5.41) is 6.64. The van der Waals surface area contributed by atoms with Crippen LogP contribution in [-0.2, 0) is 29.4 Å². The maximum atomic E-state index is 12.7. The molecular formula is C30H29N3O3S. The lowest BCUT2D eigenvalue weighted by Gasteiger charge is -2.23. The van der Waals surface area contributed by atoms with Gasteiger partial charge in [0.2, 0.25) is 10.0 Å². The van der Waals surface area contributed by atoms with Gasteiger partial charge in [-0.15, -0.1) is 0 Å². The molecule has 0 aliphatic heterocycles. The summed E-state index contributed by atoms with van der Waals surface area (Å²) in [5.41, 5.74) is 10.2. The molecule has 1 aliphatic carbocycles. The number of rotatable bonds is 7. The third-order valence-electron chi connectivity index (χ3n) is 7.00. The van der Waals surface area contributed by atoms with Crippen LogP contribution in [0.3, 0.4) is 0 Å². The van der Waals surface area contributed by atoms with E-state index in [0.717, 1.165) is 40.5 Å². The van der Waals surface area contributed by atoms with E-state index in [1.54, 1.807) is 30.5 Å². The zero-order valence-electron chi connectivity index (χ0n) is 21.2. The van der Waals surface area contributed by atoms with Crippen LogP contribution in [0.15, 0.2) is 77.9 Å². The highest BCUT2D eigenvalue weighted by Gasteiger charge is 2.19. The first kappa shape index (κ1) is 24.7. The maximum Gasteiger partial charge on any atom is 0.271 e. The summed E-state index contributed by atoms with van der Waals surface area (Å²) in [7, 11) is -3.49. The van der Waals surface area contributed by atoms with Crippen LogP contribution in [0.1, 0.15) is 43.7 Å². The molecule has 0 aromatic heterocycles. The Labute approximate surface area is 217 Å². The Kier molecular flexibility index (Phi) is 6.56. The molecule has 7 heteroatoms. The van der Waals surface area contributed by atoms with Gasteiger partial charge in [0, 0.05) is 11.1 Å². The highest BCUT2D eigenvalue weighted by atomic mass is 32.2. The van der Waals surface area contributed by atoms with Crippen molar-refractivity contribution in [3.8, 4) is 0 Å². The van der Waals surface area contributed by atoms with Gasteiger partial charge in [0.1, 0.15) is 0 Å². The van der Waals surface area contributed by atoms with Crippen LogP contribution in [0.25, 0.3) is 10.8 Å². The topological polar surface area (TPSA) is 78.8 Å². The van der Waals surface area contributed by atoms with Crippen molar-refractivity contribution >= 4 is 38.6 Å². The number of hydrazone groups is 1. The van der Waals surface area contributed by atoms with Gasteiger partial charge < -0.3 is 0 Å². The molecule has 0 bridgehead atoms. The predicted molar refractivity (Wildman–Crippen MR) is 150 cm³/mol. The van der Waals surface area contributed by atoms with E-state index in [1.165, 1.54) is 27.1 Å². The number of benzene rings is 4. The molecule has 4 aromatic rings. The molecule has 0 heterocycles. The van der Waals surface area contributed by atoms with Crippen LogP contribution >= 0.6 is 0 Å². The molecule has 0 radical (unpaired) electrons. The Hall–Kier alpha value is -3.97. The van der Waals surface area contributed by atoms with Crippen molar-refractivity contribution in [2.75, 3.05) is 10.6 Å². The average molecular weight is 512 g/mol. The van der Waals surface area contributed by atoms with Gasteiger partial charge in [0.05, 0.1) is 24.7 Å². The molecular weight excluding hydrogens is 482 g/mol. The van der Waals surface area contributed by atoms with Gasteiger partial charge in [-0.3, -0.25) is 9.10 Å². The predicted octanol–water partition coefficient (Wildman–Crippen LogP) is 5.29. The molecule has 37 heavy (non-hydrogen) atoms. The minimum absolute atomic E-state index is 0.173. The third kappa shape index (κ3) is 5.13. The molecule has 4 aromatic carbocycles. The van der Waals surface area contributed by atoms with Crippen LogP contribution in [0.2, 0.25) is 0 Å². The SMILES string of the molecule is Cc1ccc(N(Cc2ccc(C(=O)N/N=C\c3ccc4c5c(cccc35)CC4)cc2)S(C)(=O)=O)cc1C. The van der Waals surface area contributed by atoms with Crippen LogP contribution in [0, 0.1) is 13.8 Å². The van der Waals surface area contributed by atoms with Crippen molar-refractivity contribution in [3.63, 3.8) is 0 Å². The smallest absolute Gasteiger partial charge is 0.267 e. The Morgan fingerprint density at radius 2 is 1.68 bits per heavy atom. The highest BCUT2D eigenvalue weighted by molar-refractivity contribution is 7.92. The van der Waals surface area contributed by atoms with Gasteiger partial charge in [0.15, 0.2) is 0 Å². The number of hydrogen-bond acceptors (Lipinski definition) is 4. The van der Waals surface area contributed by atoms with Gasteiger partial charge >= 0.3 is 0 Å². The van der Waals surface area contributed by atoms with Gasteiger partial charge in [-0.2, -0.15) is 5.10 Å². The van der Waals surface area contributed by atoms with E-state index in [4.69, 9.17) is 0 Å². The lowest BCUT2D eigenvalue weighted by Crippen LogP contribution is -2.29. The summed E-state index contributed by atoms with van der Waals surface area (Å²) in [4.78, 5) is 12.7. The summed E-state index contributed by atoms with van der Waals surface area (Å²) < 4.78 is 26.4. The standard InChI is InChI=1S/C30H29N3O3S/c1-20-7-16-27(17-21(20)2)33(37(3,35)36)19-22-8-10-25(11-9-22)30(34)32-31-18-26-15-14-24-13-12-23-5-4-6-28(26)29(23)24/h4-11,14-18H,12-13,19H2,1-3H3,(H,32,34)/b31-18-. The van der Waals surface area contributed by atoms with Gasteiger partial charge in [-0.25, -0.2) is 13.8 Å². The number of anilines is 1. The lowest BCUT2D eigenvalue weighted by atomic mass is 10.0. The largest absolute Gasteiger partial charge is 0.271 e. The summed E-state index contributed by atoms with van der Waals surface area (Å²) >= 11 is 0. The van der Waals surface area contributed by atoms with Crippen LogP contribution in [0.4, 0.5) is 5.69 Å². The van der Waals surface area contributed by atoms with E-state index >= 15 is 0 Å². The van der Waals surface area contributed by atoms with Gasteiger partial charge in [0.25, 0.3) is 5.91 Å². The molecule has 0 unspecified atom stereocenters. The van der Waals surface area contributed by atoms with Crippen molar-refractivity contribution < 1.29 is 13.2 Å². The lowest BCUT2D eigenvalue weighted by molar-refractivity contribution is 0.0955. The van der Waals surface area contributed by atoms with Gasteiger partial charge in [-0.05, 0) is 89.5 Å². The van der Waals surface area contributed by atoms with E-state index in [-0.39, 0.29) is 12.5 Å². The zero-order chi connectivity index (χ0) is 26.2. The van der Waals surface area contributed by atoms with E-state index in [0.29, 0.717) is 11.3 Å². The third-order valence-corrected chi connectivity index (χ3v) is 8.14. The molecule has 0 atom stereocenters. The van der Waals surface area contributed by atoms with Crippen molar-refractivity contribution in [1.82, 2.24) is 5.43 Å². The number of nitrogens with zero attached hydrogens (tertiary/aromatic N) is 2. The van der Waals surface area contributed by atoms with Crippen LogP contribution in [-0.4, -0.2) is 26.8 Å². The molecule has 0 spiro atoms. The fourth-order valence-electron chi connectivity index (χ4n) is 4.82. The van der Waals surface area contributed by atoms with Crippen molar-refractivity contribution in [1.29, 1.82) is 0 Å². The van der Waals surface area contributed by atoms with Crippen LogP contribution < -0.4 is 9.73 Å². The number of hydrogen-bond donors (Lipinski definition) is 1. The molecule has 0 fully saturated rings. The summed E-state index contributed by atoms with van der Waals surface area (Å²) in [5.74, 6) is -0.331. The first-order valence-electron chi connectivity index (χ1n) is 12.2. The molecule has 5 rings (SSSR count). The Bertz CT molecular complexity index is 1630. The van der Waals surface area contributed by atoms with E-state index in [2.05, 4.69) is 34.8 Å². The second kappa shape index (κ2) is 9.82. The fraction of sp³-hybridized carbons (Fsp3) is 0.200. The second-order valence-corrected chi connectivity index (χ2v) is 11.5. The number of nitrogens with one attached hydrogen (secondary N) is 1. The average Bonchev–Trinajstić information content (AvgIpc) is 3.30. The maximum absolute atomic E-state index is 12.7. The Morgan fingerprint density at radius 1 is 0.946 bits per heavy atom. The number of carbonyl (C=O) groups is 1. The highest BCUT2D eigenvalue weighted by Crippen LogP contribution is 2.32. The molecule has 6 nitrogen and oxygen atoms in total. The summed E-state index contributed by atoms with van der Waals surface area (Å²) in [6, 6.07) is 23.0. The molecule has 1 N–H and O–H groups in total. The number of amides is 1. The molecule has 0 saturated heterocycles. The van der Waals surface area contributed by atoms with Crippen molar-refractivity contribution in [2.24, 2.45) is 5.10 Å². The number of carbonyl (C=O) groups excluding carboxylic acids is 1. The van der Waals surface area contributed by atoms with Crippen molar-refractivity contribution in [3.05, 3.63) is 112 Å². The molecule has 1 amide bonds. The van der Waals surface area contributed by atoms with E-state index < -0.39 is 10.0 Å². The number of sulfonamides is 1. The second-order valence-electron chi connectivity index (χ2n) is 9.59. The normalized spacial score (nSPS) is 12.8. The summed E-state index contributed by atoms with van der Waals surface area (Å²) in [6.45, 7) is 4.12. The molecule has 0 saturated carbocycles. The monoisotopic (exact) mass is 511 g/mol. The van der Waals surface area contributed by atoms with E-state index in [1.807, 2.05) is 38.1 Å². The minimum Gasteiger partial charge on any atom is -0.267 e. The minimum atomic E-state index is -3.49. The zero-order valence-corrected chi connectivity index (χ0v) is 22.0. The fourth-order valence-corrected chi connectivity index (χ4v) is 5.70. The number of aryl methyl sites for hydroxylation is 4. The molecule has 188 valence electrons. The Balaban J connectivity index is 1.28. The van der Waals surface area contributed by atoms with E-state index in [9.17, 15) is 13.2 Å². The van der Waals surface area contributed by atoms with Gasteiger partial charge in [-0.1, -0.05) is 48.5 Å². The first-order chi connectivity index (χ1) is 17.7.